The summed E-state index contributed by atoms with van der Waals surface area (Å²) in [6.07, 6.45) is 0. The third-order valence-electron chi connectivity index (χ3n) is 2.96. The van der Waals surface area contributed by atoms with Crippen molar-refractivity contribution in [3.8, 4) is 11.4 Å². The number of aromatic amines is 1. The third-order valence-corrected chi connectivity index (χ3v) is 3.54. The highest BCUT2D eigenvalue weighted by Crippen LogP contribution is 2.38. The first-order valence-corrected chi connectivity index (χ1v) is 6.98. The monoisotopic (exact) mass is 395 g/mol. The van der Waals surface area contributed by atoms with Gasteiger partial charge < -0.3 is 5.32 Å². The lowest BCUT2D eigenvalue weighted by Gasteiger charge is -2.21. The molecule has 0 fully saturated rings. The molecule has 1 aromatic carbocycles. The second-order valence-corrected chi connectivity index (χ2v) is 5.65. The lowest BCUT2D eigenvalue weighted by Crippen LogP contribution is -2.46. The number of rotatable bonds is 5. The fourth-order valence-electron chi connectivity index (χ4n) is 1.73. The van der Waals surface area contributed by atoms with Crippen molar-refractivity contribution in [2.24, 2.45) is 0 Å². The normalized spacial score (nSPS) is 12.3. The van der Waals surface area contributed by atoms with Crippen LogP contribution >= 0.6 is 15.9 Å². The van der Waals surface area contributed by atoms with Crippen LogP contribution in [0.5, 0.6) is 0 Å². The van der Waals surface area contributed by atoms with Crippen molar-refractivity contribution in [3.05, 3.63) is 29.3 Å². The number of benzene rings is 1. The van der Waals surface area contributed by atoms with E-state index in [1.807, 2.05) is 0 Å². The van der Waals surface area contributed by atoms with E-state index in [1.165, 1.54) is 12.1 Å². The molecule has 1 aromatic heterocycles. The summed E-state index contributed by atoms with van der Waals surface area (Å²) in [4.78, 5) is 7.47. The number of aromatic nitrogens is 4. The number of carbonyl (C=O) groups excluding carboxylic acids is 1. The van der Waals surface area contributed by atoms with Gasteiger partial charge in [0.1, 0.15) is 0 Å². The summed E-state index contributed by atoms with van der Waals surface area (Å²) in [7, 11) is 0. The number of nitrogens with one attached hydrogen (secondary N) is 2. The Bertz CT molecular complexity index is 702. The Hall–Kier alpha value is -2.04. The SMILES string of the molecule is Cc1cc(-c2nn[nH]n2)ccc1C(=O)NCC(F)(F)C(F)(F)Br. The molecule has 0 saturated carbocycles. The Morgan fingerprint density at radius 3 is 2.57 bits per heavy atom. The van der Waals surface area contributed by atoms with E-state index in [9.17, 15) is 22.4 Å². The first kappa shape index (κ1) is 17.3. The van der Waals surface area contributed by atoms with Crippen LogP contribution in [0.25, 0.3) is 11.4 Å². The smallest absolute Gasteiger partial charge is 0.346 e. The van der Waals surface area contributed by atoms with Crippen LogP contribution in [0.3, 0.4) is 0 Å². The summed E-state index contributed by atoms with van der Waals surface area (Å²) < 4.78 is 51.5. The highest BCUT2D eigenvalue weighted by atomic mass is 79.9. The molecule has 0 aliphatic heterocycles. The lowest BCUT2D eigenvalue weighted by atomic mass is 10.0. The predicted octanol–water partition coefficient (Wildman–Crippen LogP) is 2.53. The number of hydrogen-bond acceptors (Lipinski definition) is 4. The molecule has 11 heteroatoms. The zero-order valence-electron chi connectivity index (χ0n) is 11.6. The van der Waals surface area contributed by atoms with E-state index in [2.05, 4.69) is 20.6 Å². The molecule has 23 heavy (non-hydrogen) atoms. The summed E-state index contributed by atoms with van der Waals surface area (Å²) >= 11 is 1.60. The van der Waals surface area contributed by atoms with Crippen molar-refractivity contribution < 1.29 is 22.4 Å². The number of alkyl halides is 5. The standard InChI is InChI=1S/C12H10BrF4N5O/c1-6-4-7(9-19-21-22-20-9)2-3-8(6)10(23)18-5-11(14,15)12(13,16)17/h2-4H,5H2,1H3,(H,18,23)(H,19,20,21,22). The number of amides is 1. The van der Waals surface area contributed by atoms with Gasteiger partial charge in [0.05, 0.1) is 6.54 Å². The maximum atomic E-state index is 13.1. The molecule has 2 rings (SSSR count). The Balaban J connectivity index is 2.12. The summed E-state index contributed by atoms with van der Waals surface area (Å²) in [5.41, 5.74) is 1.08. The van der Waals surface area contributed by atoms with Crippen molar-refractivity contribution >= 4 is 21.8 Å². The number of nitrogens with zero attached hydrogens (tertiary/aromatic N) is 3. The Kier molecular flexibility index (Phi) is 4.68. The van der Waals surface area contributed by atoms with Gasteiger partial charge in [0.2, 0.25) is 5.82 Å². The number of halogens is 5. The van der Waals surface area contributed by atoms with Gasteiger partial charge in [-0.2, -0.15) is 22.8 Å². The van der Waals surface area contributed by atoms with Crippen molar-refractivity contribution in [2.75, 3.05) is 6.54 Å². The van der Waals surface area contributed by atoms with Gasteiger partial charge in [-0.25, -0.2) is 0 Å². The van der Waals surface area contributed by atoms with Gasteiger partial charge >= 0.3 is 10.8 Å². The summed E-state index contributed by atoms with van der Waals surface area (Å²) in [5.74, 6) is -5.01. The zero-order valence-corrected chi connectivity index (χ0v) is 13.2. The second kappa shape index (κ2) is 6.22. The van der Waals surface area contributed by atoms with Crippen LogP contribution in [0, 0.1) is 6.92 Å². The predicted molar refractivity (Wildman–Crippen MR) is 75.5 cm³/mol. The number of carbonyl (C=O) groups is 1. The maximum absolute atomic E-state index is 13.1. The summed E-state index contributed by atoms with van der Waals surface area (Å²) in [6.45, 7) is 0.0614. The number of hydrogen-bond donors (Lipinski definition) is 2. The van der Waals surface area contributed by atoms with Gasteiger partial charge in [-0.15, -0.1) is 10.2 Å². The number of aryl methyl sites for hydroxylation is 1. The van der Waals surface area contributed by atoms with Crippen LogP contribution in [0.2, 0.25) is 0 Å². The van der Waals surface area contributed by atoms with Crippen LogP contribution in [0.15, 0.2) is 18.2 Å². The topological polar surface area (TPSA) is 83.6 Å². The molecule has 1 amide bonds. The van der Waals surface area contributed by atoms with Crippen LogP contribution in [0.1, 0.15) is 15.9 Å². The maximum Gasteiger partial charge on any atom is 0.365 e. The molecule has 0 unspecified atom stereocenters. The van der Waals surface area contributed by atoms with Gasteiger partial charge in [0.15, 0.2) is 0 Å². The van der Waals surface area contributed by atoms with E-state index in [0.717, 1.165) is 0 Å². The van der Waals surface area contributed by atoms with Gasteiger partial charge in [-0.3, -0.25) is 4.79 Å². The average Bonchev–Trinajstić information content (AvgIpc) is 2.97. The molecule has 2 N–H and O–H groups in total. The van der Waals surface area contributed by atoms with Crippen molar-refractivity contribution in [1.29, 1.82) is 0 Å². The van der Waals surface area contributed by atoms with Crippen molar-refractivity contribution in [1.82, 2.24) is 25.9 Å². The third kappa shape index (κ3) is 3.84. The Morgan fingerprint density at radius 2 is 2.04 bits per heavy atom. The van der Waals surface area contributed by atoms with Crippen molar-refractivity contribution in [2.45, 2.75) is 17.7 Å². The van der Waals surface area contributed by atoms with Crippen LogP contribution in [-0.4, -0.2) is 43.8 Å². The quantitative estimate of drug-likeness (QED) is 0.601. The van der Waals surface area contributed by atoms with E-state index >= 15 is 0 Å². The average molecular weight is 396 g/mol. The van der Waals surface area contributed by atoms with E-state index in [-0.39, 0.29) is 5.56 Å². The molecule has 0 aliphatic rings. The Morgan fingerprint density at radius 1 is 1.35 bits per heavy atom. The minimum atomic E-state index is -4.42. The van der Waals surface area contributed by atoms with Crippen LogP contribution in [-0.2, 0) is 0 Å². The molecule has 0 aliphatic carbocycles. The minimum absolute atomic E-state index is 0.0749. The summed E-state index contributed by atoms with van der Waals surface area (Å²) in [6, 6.07) is 4.40. The van der Waals surface area contributed by atoms with Gasteiger partial charge in [0, 0.05) is 11.1 Å². The van der Waals surface area contributed by atoms with E-state index in [0.29, 0.717) is 17.0 Å². The highest BCUT2D eigenvalue weighted by molar-refractivity contribution is 9.10. The lowest BCUT2D eigenvalue weighted by molar-refractivity contribution is -0.142. The first-order valence-electron chi connectivity index (χ1n) is 6.19. The molecule has 0 saturated heterocycles. The second-order valence-electron chi connectivity index (χ2n) is 4.65. The Labute approximate surface area is 135 Å². The molecule has 0 bridgehead atoms. The number of tetrazole rings is 1. The summed E-state index contributed by atoms with van der Waals surface area (Å²) in [5, 5.41) is 15.0. The zero-order chi connectivity index (χ0) is 17.3. The fourth-order valence-corrected chi connectivity index (χ4v) is 1.87. The van der Waals surface area contributed by atoms with Gasteiger partial charge in [-0.05, 0) is 45.8 Å². The molecular formula is C12H10BrF4N5O. The van der Waals surface area contributed by atoms with E-state index < -0.39 is 23.2 Å². The first-order chi connectivity index (χ1) is 10.6. The van der Waals surface area contributed by atoms with Gasteiger partial charge in [0.25, 0.3) is 5.91 Å². The molecule has 1 heterocycles. The molecule has 0 radical (unpaired) electrons. The molecule has 0 atom stereocenters. The molecule has 2 aromatic rings. The molecular weight excluding hydrogens is 386 g/mol. The fraction of sp³-hybridized carbons (Fsp3) is 0.333. The molecule has 6 nitrogen and oxygen atoms in total. The minimum Gasteiger partial charge on any atom is -0.346 e. The number of H-pyrrole nitrogens is 1. The van der Waals surface area contributed by atoms with Crippen molar-refractivity contribution in [3.63, 3.8) is 0 Å². The highest BCUT2D eigenvalue weighted by Gasteiger charge is 2.54. The molecule has 124 valence electrons. The van der Waals surface area contributed by atoms with Gasteiger partial charge in [-0.1, -0.05) is 6.07 Å². The van der Waals surface area contributed by atoms with E-state index in [1.54, 1.807) is 34.2 Å². The van der Waals surface area contributed by atoms with Crippen LogP contribution < -0.4 is 5.32 Å². The van der Waals surface area contributed by atoms with Crippen LogP contribution in [0.4, 0.5) is 17.6 Å². The molecule has 0 spiro atoms. The van der Waals surface area contributed by atoms with E-state index in [4.69, 9.17) is 0 Å². The largest absolute Gasteiger partial charge is 0.365 e.